The molecule has 4 saturated carbocycles. The zero-order valence-corrected chi connectivity index (χ0v) is 19.4. The van der Waals surface area contributed by atoms with Gasteiger partial charge in [-0.25, -0.2) is 0 Å². The Morgan fingerprint density at radius 3 is 2.65 bits per heavy atom. The zero-order valence-electron chi connectivity index (χ0n) is 19.4. The quantitative estimate of drug-likeness (QED) is 0.628. The van der Waals surface area contributed by atoms with Gasteiger partial charge < -0.3 is 9.84 Å². The van der Waals surface area contributed by atoms with Gasteiger partial charge in [-0.05, 0) is 98.5 Å². The second-order valence-corrected chi connectivity index (χ2v) is 11.5. The van der Waals surface area contributed by atoms with Gasteiger partial charge in [-0.1, -0.05) is 32.4 Å². The van der Waals surface area contributed by atoms with Crippen LogP contribution in [-0.2, 0) is 14.3 Å². The molecule has 31 heavy (non-hydrogen) atoms. The van der Waals surface area contributed by atoms with Crippen LogP contribution in [0.15, 0.2) is 23.8 Å². The third kappa shape index (κ3) is 2.89. The Morgan fingerprint density at radius 1 is 1.16 bits per heavy atom. The van der Waals surface area contributed by atoms with Gasteiger partial charge in [0.1, 0.15) is 0 Å². The monoisotopic (exact) mass is 426 g/mol. The van der Waals surface area contributed by atoms with Crippen LogP contribution in [0, 0.1) is 40.4 Å². The maximum absolute atomic E-state index is 12.3. The van der Waals surface area contributed by atoms with Crippen LogP contribution in [0.5, 0.6) is 0 Å². The van der Waals surface area contributed by atoms with E-state index in [1.807, 2.05) is 13.0 Å². The average Bonchev–Trinajstić information content (AvgIpc) is 2.85. The van der Waals surface area contributed by atoms with Gasteiger partial charge in [-0.3, -0.25) is 9.59 Å². The summed E-state index contributed by atoms with van der Waals surface area (Å²) < 4.78 is 5.32. The second kappa shape index (κ2) is 7.30. The number of carbonyl (C=O) groups is 2. The van der Waals surface area contributed by atoms with Crippen LogP contribution < -0.4 is 0 Å². The number of esters is 1. The zero-order chi connectivity index (χ0) is 22.0. The van der Waals surface area contributed by atoms with Crippen LogP contribution in [0.1, 0.15) is 78.6 Å². The first-order valence-electron chi connectivity index (χ1n) is 12.6. The number of ether oxygens (including phenoxy) is 1. The number of fused-ring (bicyclic) bond motifs is 7. The molecule has 4 fully saturated rings. The molecule has 0 amide bonds. The average molecular weight is 427 g/mol. The molecule has 0 spiro atoms. The van der Waals surface area contributed by atoms with E-state index >= 15 is 0 Å². The summed E-state index contributed by atoms with van der Waals surface area (Å²) in [5.41, 5.74) is 0.423. The van der Waals surface area contributed by atoms with Gasteiger partial charge in [-0.15, -0.1) is 0 Å². The molecule has 0 aromatic heterocycles. The van der Waals surface area contributed by atoms with Crippen molar-refractivity contribution < 1.29 is 19.4 Å². The van der Waals surface area contributed by atoms with E-state index < -0.39 is 5.60 Å². The normalized spacial score (nSPS) is 47.4. The molecular weight excluding hydrogens is 388 g/mol. The number of carbonyl (C=O) groups excluding carboxylic acids is 2. The molecule has 5 aliphatic carbocycles. The third-order valence-electron chi connectivity index (χ3n) is 10.4. The van der Waals surface area contributed by atoms with Crippen molar-refractivity contribution in [3.05, 3.63) is 23.8 Å². The van der Waals surface area contributed by atoms with Gasteiger partial charge in [0.05, 0.1) is 12.2 Å². The predicted molar refractivity (Wildman–Crippen MR) is 119 cm³/mol. The van der Waals surface area contributed by atoms with E-state index in [9.17, 15) is 14.7 Å². The smallest absolute Gasteiger partial charge is 0.305 e. The molecule has 4 heteroatoms. The Hall–Kier alpha value is -1.42. The van der Waals surface area contributed by atoms with E-state index in [1.165, 1.54) is 12.0 Å². The fourth-order valence-corrected chi connectivity index (χ4v) is 8.77. The maximum atomic E-state index is 12.3. The Kier molecular flexibility index (Phi) is 5.04. The van der Waals surface area contributed by atoms with Crippen molar-refractivity contribution in [1.29, 1.82) is 0 Å². The first kappa shape index (κ1) is 21.4. The van der Waals surface area contributed by atoms with E-state index in [0.717, 1.165) is 38.5 Å². The maximum Gasteiger partial charge on any atom is 0.305 e. The molecule has 5 aliphatic rings. The summed E-state index contributed by atoms with van der Waals surface area (Å²) in [6.45, 7) is 7.14. The van der Waals surface area contributed by atoms with E-state index in [0.29, 0.717) is 49.0 Å². The van der Waals surface area contributed by atoms with Gasteiger partial charge >= 0.3 is 5.97 Å². The summed E-state index contributed by atoms with van der Waals surface area (Å²) in [4.78, 5) is 24.3. The van der Waals surface area contributed by atoms with Gasteiger partial charge in [0.25, 0.3) is 0 Å². The molecule has 0 aromatic carbocycles. The van der Waals surface area contributed by atoms with Crippen LogP contribution in [0.4, 0.5) is 0 Å². The Bertz CT molecular complexity index is 842. The van der Waals surface area contributed by atoms with Crippen molar-refractivity contribution in [2.75, 3.05) is 6.61 Å². The van der Waals surface area contributed by atoms with Gasteiger partial charge in [0.15, 0.2) is 5.78 Å². The summed E-state index contributed by atoms with van der Waals surface area (Å²) in [7, 11) is 0. The van der Waals surface area contributed by atoms with Crippen LogP contribution >= 0.6 is 0 Å². The van der Waals surface area contributed by atoms with Crippen LogP contribution in [-0.4, -0.2) is 29.1 Å². The minimum Gasteiger partial charge on any atom is -0.466 e. The highest BCUT2D eigenvalue weighted by molar-refractivity contribution is 6.01. The van der Waals surface area contributed by atoms with Crippen molar-refractivity contribution in [2.24, 2.45) is 40.4 Å². The molecule has 0 saturated heterocycles. The number of rotatable bonds is 5. The van der Waals surface area contributed by atoms with Crippen molar-refractivity contribution >= 4 is 11.8 Å². The van der Waals surface area contributed by atoms with Crippen molar-refractivity contribution in [1.82, 2.24) is 0 Å². The molecule has 5 rings (SSSR count). The summed E-state index contributed by atoms with van der Waals surface area (Å²) in [6, 6.07) is 0. The highest BCUT2D eigenvalue weighted by Crippen LogP contribution is 2.74. The summed E-state index contributed by atoms with van der Waals surface area (Å²) in [5, 5.41) is 12.2. The number of hydrogen-bond donors (Lipinski definition) is 1. The number of aliphatic hydroxyl groups is 1. The van der Waals surface area contributed by atoms with Crippen LogP contribution in [0.25, 0.3) is 0 Å². The fourth-order valence-electron chi connectivity index (χ4n) is 8.77. The molecule has 170 valence electrons. The van der Waals surface area contributed by atoms with Crippen LogP contribution in [0.2, 0.25) is 0 Å². The van der Waals surface area contributed by atoms with Crippen molar-refractivity contribution in [3.63, 3.8) is 0 Å². The lowest BCUT2D eigenvalue weighted by atomic mass is 9.46. The molecule has 0 aliphatic heterocycles. The van der Waals surface area contributed by atoms with Crippen molar-refractivity contribution in [2.45, 2.75) is 84.2 Å². The Morgan fingerprint density at radius 2 is 1.94 bits per heavy atom. The Balaban J connectivity index is 1.42. The van der Waals surface area contributed by atoms with Gasteiger partial charge in [0, 0.05) is 11.8 Å². The molecular formula is C27H38O4. The van der Waals surface area contributed by atoms with E-state index in [4.69, 9.17) is 4.74 Å². The van der Waals surface area contributed by atoms with Gasteiger partial charge in [0.2, 0.25) is 0 Å². The third-order valence-corrected chi connectivity index (χ3v) is 10.4. The molecule has 1 N–H and O–H groups in total. The molecule has 0 bridgehead atoms. The first-order valence-corrected chi connectivity index (χ1v) is 12.6. The lowest BCUT2D eigenvalue weighted by Crippen LogP contribution is -2.55. The molecule has 8 atom stereocenters. The largest absolute Gasteiger partial charge is 0.466 e. The number of allylic oxidation sites excluding steroid dienone is 4. The summed E-state index contributed by atoms with van der Waals surface area (Å²) in [5.74, 6) is 2.54. The standard InChI is InChI=1S/C27H38O4/c1-4-15-31-23(29)11-14-27(30)22-8-7-20(22)24-19-6-5-17-16-18(28)9-12-25(17,2)21(19)10-13-26(24,27)3/h9,12,16,19-22,24,30H,4-8,10-11,13-15H2,1-3H3/t19-,20-,21+,22+,24-,25+,26+,27+/m1/s1. The first-order chi connectivity index (χ1) is 14.7. The number of hydrogen-bond acceptors (Lipinski definition) is 4. The highest BCUT2D eigenvalue weighted by atomic mass is 16.5. The molecule has 0 unspecified atom stereocenters. The summed E-state index contributed by atoms with van der Waals surface area (Å²) >= 11 is 0. The number of ketones is 1. The second-order valence-electron chi connectivity index (χ2n) is 11.5. The lowest BCUT2D eigenvalue weighted by molar-refractivity contribution is -0.156. The van der Waals surface area contributed by atoms with Crippen molar-refractivity contribution in [3.8, 4) is 0 Å². The lowest BCUT2D eigenvalue weighted by Gasteiger charge is -2.58. The molecule has 4 nitrogen and oxygen atoms in total. The van der Waals surface area contributed by atoms with E-state index in [1.54, 1.807) is 6.08 Å². The molecule has 0 heterocycles. The minimum absolute atomic E-state index is 0.0118. The topological polar surface area (TPSA) is 63.6 Å². The highest BCUT2D eigenvalue weighted by Gasteiger charge is 2.72. The van der Waals surface area contributed by atoms with E-state index in [2.05, 4.69) is 19.9 Å². The molecule has 0 radical (unpaired) electrons. The SMILES string of the molecule is CCCOC(=O)CC[C@]1(O)[C@H]2CC[C@H]2[C@H]2[C@@H]3CCC4=CC(=O)C=C[C@]4(C)[C@H]3CC[C@@]21C. The molecule has 0 aromatic rings. The van der Waals surface area contributed by atoms with E-state index in [-0.39, 0.29) is 22.6 Å². The summed E-state index contributed by atoms with van der Waals surface area (Å²) in [6.07, 6.45) is 14.1. The minimum atomic E-state index is -0.758. The van der Waals surface area contributed by atoms with Gasteiger partial charge in [-0.2, -0.15) is 0 Å². The fraction of sp³-hybridized carbons (Fsp3) is 0.778. The van der Waals surface area contributed by atoms with Crippen LogP contribution in [0.3, 0.4) is 0 Å². The predicted octanol–water partition coefficient (Wildman–Crippen LogP) is 5.00. The Labute approximate surface area is 186 Å².